The van der Waals surface area contributed by atoms with Crippen molar-refractivity contribution in [2.45, 2.75) is 77.7 Å². The maximum atomic E-state index is 12.0. The minimum absolute atomic E-state index is 0.147. The first-order valence-corrected chi connectivity index (χ1v) is 11.9. The van der Waals surface area contributed by atoms with Gasteiger partial charge in [0.2, 0.25) is 12.0 Å². The van der Waals surface area contributed by atoms with Crippen LogP contribution in [0.15, 0.2) is 65.8 Å². The minimum atomic E-state index is -0.441. The van der Waals surface area contributed by atoms with Crippen LogP contribution < -0.4 is 5.32 Å². The van der Waals surface area contributed by atoms with Crippen molar-refractivity contribution in [1.82, 2.24) is 5.32 Å². The number of ether oxygens (including phenoxy) is 1. The molecule has 0 radical (unpaired) electrons. The molecular weight excluding hydrogens is 400 g/mol. The Morgan fingerprint density at radius 1 is 0.875 bits per heavy atom. The van der Waals surface area contributed by atoms with E-state index in [9.17, 15) is 9.59 Å². The molecule has 178 valence electrons. The van der Waals surface area contributed by atoms with E-state index in [-0.39, 0.29) is 12.5 Å². The number of carbonyl (C=O) groups is 1. The Labute approximate surface area is 195 Å². The van der Waals surface area contributed by atoms with Crippen LogP contribution in [0.25, 0.3) is 0 Å². The average Bonchev–Trinajstić information content (AvgIpc) is 2.80. The second-order valence-electron chi connectivity index (χ2n) is 7.24. The lowest BCUT2D eigenvalue weighted by molar-refractivity contribution is -0.133. The van der Waals surface area contributed by atoms with Crippen LogP contribution in [-0.2, 0) is 14.3 Å². The number of hydrogen-bond donors (Lipinski definition) is 1. The maximum Gasteiger partial charge on any atom is 0.249 e. The first kappa shape index (κ1) is 29.5. The number of nitrogens with one attached hydrogen (secondary N) is 1. The smallest absolute Gasteiger partial charge is 0.249 e. The highest BCUT2D eigenvalue weighted by Crippen LogP contribution is 2.04. The number of allylic oxidation sites excluding steroid dienone is 10. The molecule has 5 heteroatoms. The van der Waals surface area contributed by atoms with Crippen LogP contribution in [0.5, 0.6) is 0 Å². The lowest BCUT2D eigenvalue weighted by Gasteiger charge is -2.15. The summed E-state index contributed by atoms with van der Waals surface area (Å²) in [5, 5.41) is 2.72. The van der Waals surface area contributed by atoms with Crippen LogP contribution in [0, 0.1) is 0 Å². The zero-order valence-corrected chi connectivity index (χ0v) is 20.0. The molecule has 5 nitrogen and oxygen atoms in total. The standard InChI is InChI=1S/C27H42N2O3/c1-3-5-6-7-8-9-10-11-12-13-14-15-16-17-18-19-20-21-24-32-26(4-2)27(31)29-23-22-28-25-30/h5-6,8-9,11-12,14-15,17-18,26H,3-4,7,10,13,16,19-24H2,1-2H3,(H,29,31)/b6-5-,9-8-,12-11-,15-14-,18-17-. The highest BCUT2D eigenvalue weighted by molar-refractivity contribution is 5.80. The van der Waals surface area contributed by atoms with Crippen molar-refractivity contribution in [1.29, 1.82) is 0 Å². The van der Waals surface area contributed by atoms with Gasteiger partial charge >= 0.3 is 0 Å². The van der Waals surface area contributed by atoms with E-state index in [0.29, 0.717) is 19.6 Å². The third-order valence-electron chi connectivity index (χ3n) is 4.49. The summed E-state index contributed by atoms with van der Waals surface area (Å²) in [6.45, 7) is 5.22. The van der Waals surface area contributed by atoms with E-state index >= 15 is 0 Å². The molecule has 0 aliphatic carbocycles. The summed E-state index contributed by atoms with van der Waals surface area (Å²) in [6.07, 6.45) is 31.7. The van der Waals surface area contributed by atoms with E-state index in [1.807, 2.05) is 6.92 Å². The number of isocyanates is 1. The molecular formula is C27H42N2O3. The molecule has 0 saturated heterocycles. The summed E-state index contributed by atoms with van der Waals surface area (Å²) in [6, 6.07) is 0. The molecule has 0 spiro atoms. The van der Waals surface area contributed by atoms with Gasteiger partial charge in [-0.05, 0) is 57.8 Å². The molecule has 32 heavy (non-hydrogen) atoms. The van der Waals surface area contributed by atoms with E-state index in [2.05, 4.69) is 78.0 Å². The summed E-state index contributed by atoms with van der Waals surface area (Å²) in [4.78, 5) is 25.4. The molecule has 0 saturated carbocycles. The van der Waals surface area contributed by atoms with Crippen molar-refractivity contribution in [2.75, 3.05) is 19.7 Å². The SMILES string of the molecule is CC/C=C\C/C=C\C/C=C\C/C=C\C/C=C\CCCCOC(CC)C(=O)NCCN=C=O. The number of hydrogen-bond acceptors (Lipinski definition) is 4. The molecule has 1 amide bonds. The first-order valence-electron chi connectivity index (χ1n) is 11.9. The van der Waals surface area contributed by atoms with Gasteiger partial charge in [-0.1, -0.05) is 74.6 Å². The van der Waals surface area contributed by atoms with Crippen LogP contribution in [0.3, 0.4) is 0 Å². The van der Waals surface area contributed by atoms with Gasteiger partial charge in [-0.15, -0.1) is 0 Å². The summed E-state index contributed by atoms with van der Waals surface area (Å²) in [5.41, 5.74) is 0. The largest absolute Gasteiger partial charge is 0.368 e. The lowest BCUT2D eigenvalue weighted by Crippen LogP contribution is -2.37. The number of rotatable bonds is 20. The molecule has 0 rings (SSSR count). The summed E-state index contributed by atoms with van der Waals surface area (Å²) in [5.74, 6) is -0.147. The predicted molar refractivity (Wildman–Crippen MR) is 134 cm³/mol. The topological polar surface area (TPSA) is 67.8 Å². The minimum Gasteiger partial charge on any atom is -0.368 e. The quantitative estimate of drug-likeness (QED) is 0.106. The second kappa shape index (κ2) is 24.8. The number of nitrogens with zero attached hydrogens (tertiary/aromatic N) is 1. The number of carbonyl (C=O) groups excluding carboxylic acids is 2. The summed E-state index contributed by atoms with van der Waals surface area (Å²) >= 11 is 0. The number of unbranched alkanes of at least 4 members (excludes halogenated alkanes) is 2. The molecule has 1 N–H and O–H groups in total. The fraction of sp³-hybridized carbons (Fsp3) is 0.556. The lowest BCUT2D eigenvalue weighted by atomic mass is 10.2. The summed E-state index contributed by atoms with van der Waals surface area (Å²) in [7, 11) is 0. The van der Waals surface area contributed by atoms with Gasteiger partial charge in [0.05, 0.1) is 6.54 Å². The van der Waals surface area contributed by atoms with E-state index in [1.54, 1.807) is 0 Å². The van der Waals surface area contributed by atoms with Crippen LogP contribution >= 0.6 is 0 Å². The Hall–Kier alpha value is -2.49. The van der Waals surface area contributed by atoms with E-state index in [4.69, 9.17) is 4.74 Å². The molecule has 0 aliphatic rings. The normalized spacial score (nSPS) is 13.1. The maximum absolute atomic E-state index is 12.0. The third-order valence-corrected chi connectivity index (χ3v) is 4.49. The van der Waals surface area contributed by atoms with Crippen LogP contribution in [-0.4, -0.2) is 37.8 Å². The third kappa shape index (κ3) is 20.8. The van der Waals surface area contributed by atoms with Crippen molar-refractivity contribution in [2.24, 2.45) is 4.99 Å². The Balaban J connectivity index is 3.66. The Morgan fingerprint density at radius 3 is 1.97 bits per heavy atom. The van der Waals surface area contributed by atoms with Crippen molar-refractivity contribution >= 4 is 12.0 Å². The van der Waals surface area contributed by atoms with Gasteiger partial charge in [0.25, 0.3) is 0 Å². The van der Waals surface area contributed by atoms with E-state index in [0.717, 1.165) is 51.4 Å². The number of amides is 1. The number of aliphatic imine (C=N–C) groups is 1. The average molecular weight is 443 g/mol. The molecule has 1 unspecified atom stereocenters. The molecule has 0 aromatic rings. The summed E-state index contributed by atoms with van der Waals surface area (Å²) < 4.78 is 5.67. The van der Waals surface area contributed by atoms with E-state index in [1.165, 1.54) is 6.08 Å². The van der Waals surface area contributed by atoms with Crippen molar-refractivity contribution < 1.29 is 14.3 Å². The van der Waals surface area contributed by atoms with E-state index < -0.39 is 6.10 Å². The molecule has 0 aliphatic heterocycles. The zero-order valence-electron chi connectivity index (χ0n) is 20.0. The van der Waals surface area contributed by atoms with Crippen LogP contribution in [0.4, 0.5) is 0 Å². The Bertz CT molecular complexity index is 641. The first-order chi connectivity index (χ1) is 15.8. The zero-order chi connectivity index (χ0) is 23.5. The predicted octanol–water partition coefficient (Wildman–Crippen LogP) is 6.16. The van der Waals surface area contributed by atoms with Gasteiger partial charge in [0, 0.05) is 13.2 Å². The molecule has 0 aromatic carbocycles. The fourth-order valence-electron chi connectivity index (χ4n) is 2.73. The van der Waals surface area contributed by atoms with Gasteiger partial charge in [-0.25, -0.2) is 9.79 Å². The van der Waals surface area contributed by atoms with Gasteiger partial charge in [-0.3, -0.25) is 4.79 Å². The molecule has 1 atom stereocenters. The molecule has 0 heterocycles. The fourth-order valence-corrected chi connectivity index (χ4v) is 2.73. The molecule has 0 aromatic heterocycles. The monoisotopic (exact) mass is 442 g/mol. The second-order valence-corrected chi connectivity index (χ2v) is 7.24. The van der Waals surface area contributed by atoms with Gasteiger partial charge in [0.1, 0.15) is 6.10 Å². The van der Waals surface area contributed by atoms with Crippen molar-refractivity contribution in [3.63, 3.8) is 0 Å². The Morgan fingerprint density at radius 2 is 1.44 bits per heavy atom. The Kier molecular flexibility index (Phi) is 22.8. The van der Waals surface area contributed by atoms with Crippen molar-refractivity contribution in [3.05, 3.63) is 60.8 Å². The molecule has 0 fully saturated rings. The molecule has 0 bridgehead atoms. The van der Waals surface area contributed by atoms with Crippen LogP contribution in [0.1, 0.15) is 71.6 Å². The van der Waals surface area contributed by atoms with Gasteiger partial charge < -0.3 is 10.1 Å². The van der Waals surface area contributed by atoms with Gasteiger partial charge in [-0.2, -0.15) is 0 Å². The highest BCUT2D eigenvalue weighted by atomic mass is 16.5. The van der Waals surface area contributed by atoms with Crippen LogP contribution in [0.2, 0.25) is 0 Å². The van der Waals surface area contributed by atoms with Crippen molar-refractivity contribution in [3.8, 4) is 0 Å². The highest BCUT2D eigenvalue weighted by Gasteiger charge is 2.15. The van der Waals surface area contributed by atoms with Gasteiger partial charge in [0.15, 0.2) is 0 Å².